The minimum atomic E-state index is 0.862. The Morgan fingerprint density at radius 2 is 2.06 bits per heavy atom. The van der Waals surface area contributed by atoms with E-state index in [0.717, 1.165) is 16.9 Å². The molecule has 0 unspecified atom stereocenters. The van der Waals surface area contributed by atoms with Crippen LogP contribution in [-0.4, -0.2) is 0 Å². The Bertz CT molecular complexity index is 464. The van der Waals surface area contributed by atoms with Crippen LogP contribution in [0.4, 0.5) is 0 Å². The van der Waals surface area contributed by atoms with Gasteiger partial charge >= 0.3 is 0 Å². The van der Waals surface area contributed by atoms with Gasteiger partial charge in [-0.2, -0.15) is 0 Å². The summed E-state index contributed by atoms with van der Waals surface area (Å²) in [5.74, 6) is 0. The van der Waals surface area contributed by atoms with Crippen LogP contribution in [0.2, 0.25) is 0 Å². The molecule has 0 aliphatic heterocycles. The van der Waals surface area contributed by atoms with E-state index in [1.54, 1.807) is 0 Å². The van der Waals surface area contributed by atoms with Crippen LogP contribution in [0, 0.1) is 13.8 Å². The van der Waals surface area contributed by atoms with Crippen molar-refractivity contribution in [3.63, 3.8) is 0 Å². The summed E-state index contributed by atoms with van der Waals surface area (Å²) in [5, 5.41) is 0. The van der Waals surface area contributed by atoms with E-state index in [1.165, 1.54) is 16.7 Å². The molecule has 0 N–H and O–H groups in total. The topological polar surface area (TPSA) is 0 Å². The molecule has 0 aliphatic carbocycles. The van der Waals surface area contributed by atoms with Crippen LogP contribution < -0.4 is 0 Å². The molecule has 0 heterocycles. The predicted octanol–water partition coefficient (Wildman–Crippen LogP) is 4.79. The lowest BCUT2D eigenvalue weighted by Crippen LogP contribution is -1.95. The molecule has 0 radical (unpaired) electrons. The highest BCUT2D eigenvalue weighted by atomic mass is 32.1. The average molecular weight is 244 g/mol. The molecule has 1 aromatic carbocycles. The second-order valence-electron chi connectivity index (χ2n) is 4.22. The van der Waals surface area contributed by atoms with Crippen LogP contribution in [0.1, 0.15) is 23.6 Å². The Balaban J connectivity index is 2.85. The van der Waals surface area contributed by atoms with Crippen LogP contribution in [0.3, 0.4) is 0 Å². The molecule has 0 fully saturated rings. The van der Waals surface area contributed by atoms with E-state index in [0.29, 0.717) is 0 Å². The largest absolute Gasteiger partial charge is 0.143 e. The fourth-order valence-electron chi connectivity index (χ4n) is 1.63. The van der Waals surface area contributed by atoms with Gasteiger partial charge in [-0.25, -0.2) is 0 Å². The summed E-state index contributed by atoms with van der Waals surface area (Å²) in [6.07, 6.45) is 6.81. The van der Waals surface area contributed by atoms with E-state index in [1.807, 2.05) is 25.2 Å². The summed E-state index contributed by atoms with van der Waals surface area (Å²) in [5.41, 5.74) is 5.06. The van der Waals surface area contributed by atoms with Crippen molar-refractivity contribution in [2.75, 3.05) is 0 Å². The van der Waals surface area contributed by atoms with Crippen molar-refractivity contribution < 1.29 is 0 Å². The molecule has 0 nitrogen and oxygen atoms in total. The Hall–Kier alpha value is -1.21. The van der Waals surface area contributed by atoms with E-state index < -0.39 is 0 Å². The van der Waals surface area contributed by atoms with Gasteiger partial charge in [0.1, 0.15) is 0 Å². The highest BCUT2D eigenvalue weighted by Crippen LogP contribution is 2.21. The van der Waals surface area contributed by atoms with Gasteiger partial charge in [0.15, 0.2) is 0 Å². The highest BCUT2D eigenvalue weighted by molar-refractivity contribution is 7.84. The SMILES string of the molecule is C=C(Cc1cccc(C)c1C)/C(S)=C/C=C\C. The molecule has 0 spiro atoms. The van der Waals surface area contributed by atoms with Gasteiger partial charge < -0.3 is 0 Å². The van der Waals surface area contributed by atoms with Crippen molar-refractivity contribution in [2.24, 2.45) is 0 Å². The number of allylic oxidation sites excluding steroid dienone is 4. The van der Waals surface area contributed by atoms with Gasteiger partial charge in [-0.1, -0.05) is 36.9 Å². The molecule has 0 bridgehead atoms. The maximum atomic E-state index is 4.46. The van der Waals surface area contributed by atoms with Crippen molar-refractivity contribution >= 4 is 12.6 Å². The molecule has 0 aromatic heterocycles. The monoisotopic (exact) mass is 244 g/mol. The van der Waals surface area contributed by atoms with Crippen LogP contribution in [0.25, 0.3) is 0 Å². The van der Waals surface area contributed by atoms with Gasteiger partial charge in [0, 0.05) is 4.91 Å². The number of thiol groups is 1. The van der Waals surface area contributed by atoms with Crippen molar-refractivity contribution in [3.8, 4) is 0 Å². The molecule has 0 aliphatic rings. The fourth-order valence-corrected chi connectivity index (χ4v) is 1.79. The van der Waals surface area contributed by atoms with Crippen LogP contribution in [0.15, 0.2) is 53.5 Å². The minimum absolute atomic E-state index is 0.862. The molecule has 0 atom stereocenters. The molecule has 1 aromatic rings. The first kappa shape index (κ1) is 13.9. The van der Waals surface area contributed by atoms with Crippen molar-refractivity contribution in [2.45, 2.75) is 27.2 Å². The Labute approximate surface area is 110 Å². The second-order valence-corrected chi connectivity index (χ2v) is 4.70. The van der Waals surface area contributed by atoms with Gasteiger partial charge in [0.25, 0.3) is 0 Å². The number of hydrogen-bond acceptors (Lipinski definition) is 1. The van der Waals surface area contributed by atoms with Crippen LogP contribution in [-0.2, 0) is 6.42 Å². The molecule has 1 heteroatoms. The zero-order valence-electron chi connectivity index (χ0n) is 10.8. The van der Waals surface area contributed by atoms with E-state index in [4.69, 9.17) is 0 Å². The van der Waals surface area contributed by atoms with E-state index >= 15 is 0 Å². The molecule has 0 saturated carbocycles. The zero-order valence-corrected chi connectivity index (χ0v) is 11.7. The number of hydrogen-bond donors (Lipinski definition) is 1. The Morgan fingerprint density at radius 1 is 1.35 bits per heavy atom. The molecule has 1 rings (SSSR count). The summed E-state index contributed by atoms with van der Waals surface area (Å²) in [6, 6.07) is 6.39. The number of aryl methyl sites for hydroxylation is 1. The Morgan fingerprint density at radius 3 is 2.71 bits per heavy atom. The first-order valence-corrected chi connectivity index (χ1v) is 6.26. The third kappa shape index (κ3) is 3.94. The molecular weight excluding hydrogens is 224 g/mol. The quantitative estimate of drug-likeness (QED) is 0.571. The summed E-state index contributed by atoms with van der Waals surface area (Å²) in [6.45, 7) is 10.4. The summed E-state index contributed by atoms with van der Waals surface area (Å²) >= 11 is 4.46. The van der Waals surface area contributed by atoms with Gasteiger partial charge in [0.05, 0.1) is 0 Å². The lowest BCUT2D eigenvalue weighted by molar-refractivity contribution is 1.14. The highest BCUT2D eigenvalue weighted by Gasteiger charge is 2.04. The minimum Gasteiger partial charge on any atom is -0.143 e. The van der Waals surface area contributed by atoms with Gasteiger partial charge in [-0.3, -0.25) is 0 Å². The van der Waals surface area contributed by atoms with Crippen molar-refractivity contribution in [1.82, 2.24) is 0 Å². The zero-order chi connectivity index (χ0) is 12.8. The van der Waals surface area contributed by atoms with Gasteiger partial charge in [-0.05, 0) is 55.5 Å². The summed E-state index contributed by atoms with van der Waals surface area (Å²) < 4.78 is 0. The lowest BCUT2D eigenvalue weighted by atomic mass is 9.97. The van der Waals surface area contributed by atoms with Gasteiger partial charge in [0.2, 0.25) is 0 Å². The lowest BCUT2D eigenvalue weighted by Gasteiger charge is -2.10. The third-order valence-electron chi connectivity index (χ3n) is 2.93. The smallest absolute Gasteiger partial charge is 0.00693 e. The molecule has 0 saturated heterocycles. The van der Waals surface area contributed by atoms with Crippen LogP contribution >= 0.6 is 12.6 Å². The normalized spacial score (nSPS) is 12.1. The number of rotatable bonds is 4. The summed E-state index contributed by atoms with van der Waals surface area (Å²) in [4.78, 5) is 0.948. The summed E-state index contributed by atoms with van der Waals surface area (Å²) in [7, 11) is 0. The maximum Gasteiger partial charge on any atom is 0.00693 e. The van der Waals surface area contributed by atoms with E-state index in [2.05, 4.69) is 51.3 Å². The van der Waals surface area contributed by atoms with Crippen molar-refractivity contribution in [3.05, 3.63) is 70.2 Å². The van der Waals surface area contributed by atoms with E-state index in [9.17, 15) is 0 Å². The van der Waals surface area contributed by atoms with E-state index in [-0.39, 0.29) is 0 Å². The standard InChI is InChI=1S/C16H20S/c1-5-6-10-16(17)13(3)11-15-9-7-8-12(2)14(15)4/h5-10,17H,3,11H2,1-2,4H3/b6-5-,16-10-. The number of benzene rings is 1. The first-order chi connectivity index (χ1) is 8.06. The van der Waals surface area contributed by atoms with Gasteiger partial charge in [-0.15, -0.1) is 12.6 Å². The first-order valence-electron chi connectivity index (χ1n) is 5.81. The molecule has 17 heavy (non-hydrogen) atoms. The molecule has 90 valence electrons. The average Bonchev–Trinajstić information content (AvgIpc) is 2.31. The molecule has 0 amide bonds. The maximum absolute atomic E-state index is 4.46. The van der Waals surface area contributed by atoms with Crippen molar-refractivity contribution in [1.29, 1.82) is 0 Å². The fraction of sp³-hybridized carbons (Fsp3) is 0.250. The van der Waals surface area contributed by atoms with Crippen LogP contribution in [0.5, 0.6) is 0 Å². The third-order valence-corrected chi connectivity index (χ3v) is 3.39. The molecular formula is C16H20S. The predicted molar refractivity (Wildman–Crippen MR) is 80.6 cm³/mol. The Kier molecular flexibility index (Phi) is 5.30. The second kappa shape index (κ2) is 6.51.